The summed E-state index contributed by atoms with van der Waals surface area (Å²) in [7, 11) is 0. The van der Waals surface area contributed by atoms with Gasteiger partial charge in [0.2, 0.25) is 11.8 Å². The first-order valence-corrected chi connectivity index (χ1v) is 6.10. The van der Waals surface area contributed by atoms with Gasteiger partial charge in [0.05, 0.1) is 6.04 Å². The van der Waals surface area contributed by atoms with Crippen LogP contribution < -0.4 is 11.1 Å². The van der Waals surface area contributed by atoms with Crippen LogP contribution >= 0.6 is 15.9 Å². The molecule has 7 heteroatoms. The quantitative estimate of drug-likeness (QED) is 0.803. The number of carbonyl (C=O) groups excluding carboxylic acids is 1. The fraction of sp³-hybridized carbons (Fsp3) is 0.182. The third-order valence-corrected chi connectivity index (χ3v) is 2.96. The highest BCUT2D eigenvalue weighted by atomic mass is 79.9. The van der Waals surface area contributed by atoms with Gasteiger partial charge in [-0.1, -0.05) is 28.1 Å². The van der Waals surface area contributed by atoms with Crippen molar-refractivity contribution >= 4 is 27.8 Å². The van der Waals surface area contributed by atoms with Crippen LogP contribution in [0.25, 0.3) is 0 Å². The lowest BCUT2D eigenvalue weighted by atomic mass is 10.1. The maximum atomic E-state index is 11.8. The minimum Gasteiger partial charge on any atom is -0.366 e. The van der Waals surface area contributed by atoms with Crippen molar-refractivity contribution in [2.45, 2.75) is 13.0 Å². The minimum atomic E-state index is -0.338. The predicted molar refractivity (Wildman–Crippen MR) is 70.8 cm³/mol. The highest BCUT2D eigenvalue weighted by molar-refractivity contribution is 9.10. The van der Waals surface area contributed by atoms with E-state index in [0.717, 1.165) is 10.0 Å². The number of nitrogens with one attached hydrogen (secondary N) is 2. The Morgan fingerprint density at radius 3 is 2.67 bits per heavy atom. The summed E-state index contributed by atoms with van der Waals surface area (Å²) in [6.07, 6.45) is 0. The van der Waals surface area contributed by atoms with Gasteiger partial charge < -0.3 is 11.1 Å². The van der Waals surface area contributed by atoms with E-state index in [1.54, 1.807) is 0 Å². The number of H-pyrrole nitrogens is 1. The molecule has 1 heterocycles. The molecule has 18 heavy (non-hydrogen) atoms. The summed E-state index contributed by atoms with van der Waals surface area (Å²) >= 11 is 3.36. The van der Waals surface area contributed by atoms with Crippen molar-refractivity contribution in [2.24, 2.45) is 0 Å². The molecule has 0 aliphatic rings. The monoisotopic (exact) mass is 309 g/mol. The van der Waals surface area contributed by atoms with Crippen molar-refractivity contribution in [3.63, 3.8) is 0 Å². The van der Waals surface area contributed by atoms with Gasteiger partial charge in [0.25, 0.3) is 5.91 Å². The zero-order valence-electron chi connectivity index (χ0n) is 9.64. The maximum absolute atomic E-state index is 11.8. The molecule has 0 aliphatic carbocycles. The summed E-state index contributed by atoms with van der Waals surface area (Å²) in [4.78, 5) is 15.6. The van der Waals surface area contributed by atoms with Gasteiger partial charge in [-0.25, -0.2) is 0 Å². The van der Waals surface area contributed by atoms with Gasteiger partial charge in [0.15, 0.2) is 0 Å². The van der Waals surface area contributed by atoms with Gasteiger partial charge >= 0.3 is 0 Å². The van der Waals surface area contributed by atoms with E-state index < -0.39 is 0 Å². The second-order valence-electron chi connectivity index (χ2n) is 3.79. The molecule has 1 atom stereocenters. The fourth-order valence-electron chi connectivity index (χ4n) is 1.48. The van der Waals surface area contributed by atoms with E-state index in [9.17, 15) is 4.79 Å². The van der Waals surface area contributed by atoms with Crippen molar-refractivity contribution in [2.75, 3.05) is 5.73 Å². The van der Waals surface area contributed by atoms with Gasteiger partial charge in [-0.3, -0.25) is 9.89 Å². The van der Waals surface area contributed by atoms with Gasteiger partial charge in [0, 0.05) is 4.47 Å². The highest BCUT2D eigenvalue weighted by Crippen LogP contribution is 2.16. The third-order valence-electron chi connectivity index (χ3n) is 2.44. The molecular formula is C11H12BrN5O. The molecule has 2 aromatic rings. The van der Waals surface area contributed by atoms with E-state index in [0.29, 0.717) is 0 Å². The number of hydrogen-bond acceptors (Lipinski definition) is 4. The number of aromatic amines is 1. The number of nitrogen functional groups attached to an aromatic ring is 1. The molecule has 0 unspecified atom stereocenters. The van der Waals surface area contributed by atoms with E-state index in [4.69, 9.17) is 5.73 Å². The van der Waals surface area contributed by atoms with Gasteiger partial charge in [0.1, 0.15) is 0 Å². The molecule has 0 radical (unpaired) electrons. The number of nitrogens with zero attached hydrogens (tertiary/aromatic N) is 2. The minimum absolute atomic E-state index is 0.0523. The van der Waals surface area contributed by atoms with E-state index >= 15 is 0 Å². The lowest BCUT2D eigenvalue weighted by Crippen LogP contribution is -2.27. The summed E-state index contributed by atoms with van der Waals surface area (Å²) in [6.45, 7) is 1.89. The zero-order valence-corrected chi connectivity index (χ0v) is 11.2. The number of halogens is 1. The maximum Gasteiger partial charge on any atom is 0.289 e. The fourth-order valence-corrected chi connectivity index (χ4v) is 1.74. The standard InChI is InChI=1S/C11H12BrN5O/c1-6(7-2-4-8(12)5-3-7)14-10(18)9-15-11(13)17-16-9/h2-6H,1H3,(H,14,18)(H3,13,15,16,17)/t6-/m0/s1. The molecule has 0 fully saturated rings. The molecular weight excluding hydrogens is 298 g/mol. The van der Waals surface area contributed by atoms with Crippen LogP contribution in [-0.4, -0.2) is 21.1 Å². The summed E-state index contributed by atoms with van der Waals surface area (Å²) in [5.74, 6) is -0.178. The smallest absolute Gasteiger partial charge is 0.289 e. The first kappa shape index (κ1) is 12.6. The van der Waals surface area contributed by atoms with E-state index in [2.05, 4.69) is 36.4 Å². The second kappa shape index (κ2) is 5.18. The van der Waals surface area contributed by atoms with Crippen LogP contribution in [0.3, 0.4) is 0 Å². The third kappa shape index (κ3) is 2.86. The molecule has 1 amide bonds. The summed E-state index contributed by atoms with van der Waals surface area (Å²) in [5, 5.41) is 8.87. The molecule has 0 saturated heterocycles. The van der Waals surface area contributed by atoms with Crippen molar-refractivity contribution in [1.29, 1.82) is 0 Å². The number of rotatable bonds is 3. The Kier molecular flexibility index (Phi) is 3.61. The number of benzene rings is 1. The molecule has 1 aromatic heterocycles. The van der Waals surface area contributed by atoms with E-state index in [1.807, 2.05) is 31.2 Å². The number of anilines is 1. The highest BCUT2D eigenvalue weighted by Gasteiger charge is 2.14. The molecule has 4 N–H and O–H groups in total. The first-order chi connectivity index (χ1) is 8.56. The van der Waals surface area contributed by atoms with Crippen molar-refractivity contribution < 1.29 is 4.79 Å². The van der Waals surface area contributed by atoms with Crippen LogP contribution in [0.15, 0.2) is 28.7 Å². The van der Waals surface area contributed by atoms with Gasteiger partial charge in [-0.15, -0.1) is 5.10 Å². The van der Waals surface area contributed by atoms with Gasteiger partial charge in [-0.2, -0.15) is 4.98 Å². The number of amides is 1. The molecule has 0 saturated carbocycles. The Labute approximate surface area is 112 Å². The topological polar surface area (TPSA) is 96.7 Å². The van der Waals surface area contributed by atoms with Gasteiger partial charge in [-0.05, 0) is 24.6 Å². The van der Waals surface area contributed by atoms with Crippen molar-refractivity contribution in [1.82, 2.24) is 20.5 Å². The van der Waals surface area contributed by atoms with Crippen LogP contribution in [0, 0.1) is 0 Å². The Morgan fingerprint density at radius 2 is 2.11 bits per heavy atom. The molecule has 94 valence electrons. The van der Waals surface area contributed by atoms with Crippen LogP contribution in [0.4, 0.5) is 5.95 Å². The lowest BCUT2D eigenvalue weighted by Gasteiger charge is -2.13. The number of aromatic nitrogens is 3. The SMILES string of the molecule is C[C@H](NC(=O)c1nc(N)n[nH]1)c1ccc(Br)cc1. The van der Waals surface area contributed by atoms with E-state index in [-0.39, 0.29) is 23.7 Å². The zero-order chi connectivity index (χ0) is 13.1. The van der Waals surface area contributed by atoms with Crippen LogP contribution in [0.5, 0.6) is 0 Å². The largest absolute Gasteiger partial charge is 0.366 e. The average molecular weight is 310 g/mol. The van der Waals surface area contributed by atoms with E-state index in [1.165, 1.54) is 0 Å². The van der Waals surface area contributed by atoms with Crippen molar-refractivity contribution in [3.05, 3.63) is 40.1 Å². The molecule has 1 aromatic carbocycles. The Hall–Kier alpha value is -1.89. The molecule has 0 spiro atoms. The van der Waals surface area contributed by atoms with Crippen molar-refractivity contribution in [3.8, 4) is 0 Å². The predicted octanol–water partition coefficient (Wildman–Crippen LogP) is 1.64. The second-order valence-corrected chi connectivity index (χ2v) is 4.70. The molecule has 0 aliphatic heterocycles. The Bertz CT molecular complexity index is 551. The Morgan fingerprint density at radius 1 is 1.44 bits per heavy atom. The number of nitrogens with two attached hydrogens (primary N) is 1. The summed E-state index contributed by atoms with van der Waals surface area (Å²) in [5.41, 5.74) is 6.34. The normalized spacial score (nSPS) is 12.1. The summed E-state index contributed by atoms with van der Waals surface area (Å²) in [6, 6.07) is 7.58. The van der Waals surface area contributed by atoms with Crippen LogP contribution in [0.2, 0.25) is 0 Å². The number of carbonyl (C=O) groups is 1. The molecule has 2 rings (SSSR count). The van der Waals surface area contributed by atoms with Crippen LogP contribution in [0.1, 0.15) is 29.1 Å². The summed E-state index contributed by atoms with van der Waals surface area (Å²) < 4.78 is 0.993. The Balaban J connectivity index is 2.05. The molecule has 6 nitrogen and oxygen atoms in total. The molecule has 0 bridgehead atoms. The average Bonchev–Trinajstić information content (AvgIpc) is 2.76. The number of hydrogen-bond donors (Lipinski definition) is 3. The lowest BCUT2D eigenvalue weighted by molar-refractivity contribution is 0.0930. The first-order valence-electron chi connectivity index (χ1n) is 5.30. The van der Waals surface area contributed by atoms with Crippen LogP contribution in [-0.2, 0) is 0 Å².